The predicted octanol–water partition coefficient (Wildman–Crippen LogP) is 4.90. The van der Waals surface area contributed by atoms with Gasteiger partial charge in [-0.1, -0.05) is 43.6 Å². The van der Waals surface area contributed by atoms with Crippen molar-refractivity contribution in [3.63, 3.8) is 0 Å². The number of hydrogen-bond acceptors (Lipinski definition) is 2. The first kappa shape index (κ1) is 16.4. The highest BCUT2D eigenvalue weighted by Crippen LogP contribution is 2.23. The van der Waals surface area contributed by atoms with Crippen molar-refractivity contribution in [3.8, 4) is 0 Å². The summed E-state index contributed by atoms with van der Waals surface area (Å²) in [6, 6.07) is 15.3. The molecule has 22 heavy (non-hydrogen) atoms. The van der Waals surface area contributed by atoms with Crippen LogP contribution in [0.15, 0.2) is 48.5 Å². The molecule has 0 aliphatic carbocycles. The molecule has 0 spiro atoms. The number of benzene rings is 2. The van der Waals surface area contributed by atoms with E-state index in [-0.39, 0.29) is 5.91 Å². The standard InChI is InChI=1S/C18H21ClN2O/c1-13(2)16-5-3-4-6-17(16)20-12-11-18(22)21-15-9-7-14(19)8-10-15/h3-10,13,20H,11-12H2,1-2H3,(H,21,22). The van der Waals surface area contributed by atoms with Crippen molar-refractivity contribution in [2.24, 2.45) is 0 Å². The molecule has 116 valence electrons. The molecule has 0 radical (unpaired) electrons. The van der Waals surface area contributed by atoms with Gasteiger partial charge >= 0.3 is 0 Å². The molecule has 2 N–H and O–H groups in total. The van der Waals surface area contributed by atoms with E-state index in [0.717, 1.165) is 11.4 Å². The summed E-state index contributed by atoms with van der Waals surface area (Å²) in [5, 5.41) is 6.85. The molecule has 0 atom stereocenters. The maximum atomic E-state index is 11.9. The molecule has 1 amide bonds. The molecule has 0 heterocycles. The van der Waals surface area contributed by atoms with Crippen LogP contribution in [0.4, 0.5) is 11.4 Å². The molecule has 2 aromatic carbocycles. The summed E-state index contributed by atoms with van der Waals surface area (Å²) in [5.74, 6) is 0.434. The van der Waals surface area contributed by atoms with Crippen molar-refractivity contribution < 1.29 is 4.79 Å². The van der Waals surface area contributed by atoms with Gasteiger partial charge in [0.05, 0.1) is 0 Å². The summed E-state index contributed by atoms with van der Waals surface area (Å²) in [6.45, 7) is 4.92. The molecule has 0 fully saturated rings. The van der Waals surface area contributed by atoms with E-state index < -0.39 is 0 Å². The molecule has 0 bridgehead atoms. The van der Waals surface area contributed by atoms with Crippen LogP contribution in [-0.2, 0) is 4.79 Å². The largest absolute Gasteiger partial charge is 0.384 e. The van der Waals surface area contributed by atoms with Gasteiger partial charge in [-0.3, -0.25) is 4.79 Å². The number of carbonyl (C=O) groups excluding carboxylic acids is 1. The SMILES string of the molecule is CC(C)c1ccccc1NCCC(=O)Nc1ccc(Cl)cc1. The van der Waals surface area contributed by atoms with E-state index in [9.17, 15) is 4.79 Å². The van der Waals surface area contributed by atoms with Gasteiger partial charge in [0, 0.05) is 29.4 Å². The zero-order valence-electron chi connectivity index (χ0n) is 12.9. The number of amides is 1. The van der Waals surface area contributed by atoms with Crippen LogP contribution >= 0.6 is 11.6 Å². The molecule has 0 saturated carbocycles. The summed E-state index contributed by atoms with van der Waals surface area (Å²) in [7, 11) is 0. The maximum absolute atomic E-state index is 11.9. The third-order valence-corrected chi connectivity index (χ3v) is 3.63. The quantitative estimate of drug-likeness (QED) is 0.795. The predicted molar refractivity (Wildman–Crippen MR) is 93.7 cm³/mol. The van der Waals surface area contributed by atoms with E-state index in [1.54, 1.807) is 24.3 Å². The second-order valence-corrected chi connectivity index (χ2v) is 5.91. The summed E-state index contributed by atoms with van der Waals surface area (Å²) in [6.07, 6.45) is 0.412. The minimum atomic E-state index is -0.0168. The zero-order valence-corrected chi connectivity index (χ0v) is 13.7. The highest BCUT2D eigenvalue weighted by Gasteiger charge is 2.06. The average molecular weight is 317 g/mol. The Hall–Kier alpha value is -2.00. The van der Waals surface area contributed by atoms with E-state index in [2.05, 4.69) is 30.5 Å². The molecule has 2 rings (SSSR count). The lowest BCUT2D eigenvalue weighted by Gasteiger charge is -2.14. The van der Waals surface area contributed by atoms with Gasteiger partial charge in [-0.2, -0.15) is 0 Å². The Bertz CT molecular complexity index is 623. The van der Waals surface area contributed by atoms with E-state index in [1.807, 2.05) is 18.2 Å². The van der Waals surface area contributed by atoms with Crippen LogP contribution in [0.5, 0.6) is 0 Å². The topological polar surface area (TPSA) is 41.1 Å². The van der Waals surface area contributed by atoms with Crippen LogP contribution in [0, 0.1) is 0 Å². The minimum absolute atomic E-state index is 0.0168. The highest BCUT2D eigenvalue weighted by molar-refractivity contribution is 6.30. The molecule has 2 aromatic rings. The Labute approximate surface area is 136 Å². The van der Waals surface area contributed by atoms with Crippen LogP contribution in [0.2, 0.25) is 5.02 Å². The number of carbonyl (C=O) groups is 1. The summed E-state index contributed by atoms with van der Waals surface area (Å²) in [4.78, 5) is 11.9. The van der Waals surface area contributed by atoms with Crippen LogP contribution in [-0.4, -0.2) is 12.5 Å². The average Bonchev–Trinajstić information content (AvgIpc) is 2.50. The lowest BCUT2D eigenvalue weighted by molar-refractivity contribution is -0.115. The van der Waals surface area contributed by atoms with E-state index in [4.69, 9.17) is 11.6 Å². The van der Waals surface area contributed by atoms with E-state index >= 15 is 0 Å². The number of rotatable bonds is 6. The number of para-hydroxylation sites is 1. The summed E-state index contributed by atoms with van der Waals surface area (Å²) >= 11 is 5.82. The van der Waals surface area contributed by atoms with Gasteiger partial charge in [0.1, 0.15) is 0 Å². The number of halogens is 1. The Kier molecular flexibility index (Phi) is 5.84. The van der Waals surface area contributed by atoms with Gasteiger partial charge in [0.2, 0.25) is 5.91 Å². The molecular formula is C18H21ClN2O. The second-order valence-electron chi connectivity index (χ2n) is 5.47. The third kappa shape index (κ3) is 4.78. The first-order valence-corrected chi connectivity index (χ1v) is 7.82. The van der Waals surface area contributed by atoms with Gasteiger partial charge in [0.25, 0.3) is 0 Å². The zero-order chi connectivity index (χ0) is 15.9. The van der Waals surface area contributed by atoms with E-state index in [1.165, 1.54) is 5.56 Å². The molecule has 3 nitrogen and oxygen atoms in total. The third-order valence-electron chi connectivity index (χ3n) is 3.38. The first-order chi connectivity index (χ1) is 10.6. The highest BCUT2D eigenvalue weighted by atomic mass is 35.5. The monoisotopic (exact) mass is 316 g/mol. The van der Waals surface area contributed by atoms with Crippen LogP contribution in [0.25, 0.3) is 0 Å². The normalized spacial score (nSPS) is 10.5. The maximum Gasteiger partial charge on any atom is 0.226 e. The second kappa shape index (κ2) is 7.85. The summed E-state index contributed by atoms with van der Waals surface area (Å²) < 4.78 is 0. The van der Waals surface area contributed by atoms with Gasteiger partial charge < -0.3 is 10.6 Å². The van der Waals surface area contributed by atoms with Crippen LogP contribution < -0.4 is 10.6 Å². The van der Waals surface area contributed by atoms with Crippen LogP contribution in [0.1, 0.15) is 31.7 Å². The fourth-order valence-electron chi connectivity index (χ4n) is 2.23. The Balaban J connectivity index is 1.83. The number of anilines is 2. The minimum Gasteiger partial charge on any atom is -0.384 e. The van der Waals surface area contributed by atoms with Gasteiger partial charge in [0.15, 0.2) is 0 Å². The Morgan fingerprint density at radius 3 is 2.45 bits per heavy atom. The first-order valence-electron chi connectivity index (χ1n) is 7.44. The molecule has 0 aliphatic heterocycles. The number of nitrogens with one attached hydrogen (secondary N) is 2. The van der Waals surface area contributed by atoms with Gasteiger partial charge in [-0.15, -0.1) is 0 Å². The van der Waals surface area contributed by atoms with Gasteiger partial charge in [-0.05, 0) is 41.8 Å². The molecular weight excluding hydrogens is 296 g/mol. The van der Waals surface area contributed by atoms with Crippen molar-refractivity contribution >= 4 is 28.9 Å². The van der Waals surface area contributed by atoms with Crippen molar-refractivity contribution in [2.75, 3.05) is 17.2 Å². The Morgan fingerprint density at radius 2 is 1.77 bits per heavy atom. The Morgan fingerprint density at radius 1 is 1.09 bits per heavy atom. The smallest absolute Gasteiger partial charge is 0.226 e. The molecule has 0 saturated heterocycles. The molecule has 0 unspecified atom stereocenters. The molecule has 0 aromatic heterocycles. The van der Waals surface area contributed by atoms with Gasteiger partial charge in [-0.25, -0.2) is 0 Å². The van der Waals surface area contributed by atoms with Crippen LogP contribution in [0.3, 0.4) is 0 Å². The van der Waals surface area contributed by atoms with E-state index in [0.29, 0.717) is 23.9 Å². The molecule has 0 aliphatic rings. The van der Waals surface area contributed by atoms with Crippen molar-refractivity contribution in [1.29, 1.82) is 0 Å². The fraction of sp³-hybridized carbons (Fsp3) is 0.278. The fourth-order valence-corrected chi connectivity index (χ4v) is 2.35. The lowest BCUT2D eigenvalue weighted by atomic mass is 10.0. The van der Waals surface area contributed by atoms with Crippen molar-refractivity contribution in [3.05, 3.63) is 59.1 Å². The molecule has 4 heteroatoms. The number of hydrogen-bond donors (Lipinski definition) is 2. The summed E-state index contributed by atoms with van der Waals surface area (Å²) in [5.41, 5.74) is 3.12. The van der Waals surface area contributed by atoms with Crippen molar-refractivity contribution in [2.45, 2.75) is 26.2 Å². The van der Waals surface area contributed by atoms with Crippen molar-refractivity contribution in [1.82, 2.24) is 0 Å². The lowest BCUT2D eigenvalue weighted by Crippen LogP contribution is -2.16.